The number of amides is 1. The van der Waals surface area contributed by atoms with Crippen molar-refractivity contribution in [2.24, 2.45) is 17.8 Å². The summed E-state index contributed by atoms with van der Waals surface area (Å²) < 4.78 is 0. The summed E-state index contributed by atoms with van der Waals surface area (Å²) in [4.78, 5) is 27.6. The largest absolute Gasteiger partial charge is 0.481 e. The van der Waals surface area contributed by atoms with Crippen molar-refractivity contribution < 1.29 is 14.7 Å². The van der Waals surface area contributed by atoms with E-state index in [4.69, 9.17) is 5.11 Å². The molecule has 2 saturated carbocycles. The Bertz CT molecular complexity index is 579. The maximum atomic E-state index is 12.3. The van der Waals surface area contributed by atoms with Gasteiger partial charge in [-0.05, 0) is 62.6 Å². The van der Waals surface area contributed by atoms with Crippen LogP contribution in [0.25, 0.3) is 0 Å². The van der Waals surface area contributed by atoms with Gasteiger partial charge in [0.15, 0.2) is 0 Å². The lowest BCUT2D eigenvalue weighted by atomic mass is 9.71. The number of hydrogen-bond donors (Lipinski definition) is 2. The molecule has 0 aliphatic heterocycles. The summed E-state index contributed by atoms with van der Waals surface area (Å²) in [5, 5.41) is 12.1. The van der Waals surface area contributed by atoms with Crippen LogP contribution in [0.4, 0.5) is 0 Å². The molecule has 4 atom stereocenters. The fourth-order valence-corrected chi connectivity index (χ4v) is 3.79. The maximum absolute atomic E-state index is 12.3. The SMILES string of the molecule is Cc1cc(C)nc(C(=O)N[C@@H]2C[C@@H]3CC(C(=O)O)C[C@@H]32)c1. The summed E-state index contributed by atoms with van der Waals surface area (Å²) in [6.45, 7) is 3.82. The zero-order valence-electron chi connectivity index (χ0n) is 12.3. The summed E-state index contributed by atoms with van der Waals surface area (Å²) in [7, 11) is 0. The summed E-state index contributed by atoms with van der Waals surface area (Å²) in [6, 6.07) is 3.83. The third-order valence-corrected chi connectivity index (χ3v) is 4.82. The van der Waals surface area contributed by atoms with Gasteiger partial charge < -0.3 is 10.4 Å². The first-order valence-electron chi connectivity index (χ1n) is 7.43. The van der Waals surface area contributed by atoms with Crippen LogP contribution >= 0.6 is 0 Å². The van der Waals surface area contributed by atoms with E-state index in [1.165, 1.54) is 0 Å². The van der Waals surface area contributed by atoms with Crippen LogP contribution in [0, 0.1) is 31.6 Å². The summed E-state index contributed by atoms with van der Waals surface area (Å²) in [5.74, 6) is -0.305. The molecule has 2 aliphatic carbocycles. The van der Waals surface area contributed by atoms with E-state index >= 15 is 0 Å². The molecule has 1 unspecified atom stereocenters. The standard InChI is InChI=1S/C16H20N2O3/c1-8-3-9(2)17-14(4-8)15(19)18-13-7-10-5-11(16(20)21)6-12(10)13/h3-4,10-13H,5-7H2,1-2H3,(H,18,19)(H,20,21)/t10-,11?,12-,13+/m0/s1. The average Bonchev–Trinajstić information content (AvgIpc) is 2.72. The van der Waals surface area contributed by atoms with Crippen LogP contribution in [0.3, 0.4) is 0 Å². The molecule has 5 nitrogen and oxygen atoms in total. The highest BCUT2D eigenvalue weighted by atomic mass is 16.4. The second-order valence-electron chi connectivity index (χ2n) is 6.42. The van der Waals surface area contributed by atoms with Crippen LogP contribution in [0.2, 0.25) is 0 Å². The number of aliphatic carboxylic acids is 1. The number of pyridine rings is 1. The third kappa shape index (κ3) is 2.64. The lowest BCUT2D eigenvalue weighted by Gasteiger charge is -2.40. The number of carbonyl (C=O) groups excluding carboxylic acids is 1. The van der Waals surface area contributed by atoms with Crippen LogP contribution < -0.4 is 5.32 Å². The Kier molecular flexibility index (Phi) is 3.43. The van der Waals surface area contributed by atoms with Gasteiger partial charge >= 0.3 is 5.97 Å². The Morgan fingerprint density at radius 2 is 2.00 bits per heavy atom. The number of nitrogens with one attached hydrogen (secondary N) is 1. The van der Waals surface area contributed by atoms with E-state index in [-0.39, 0.29) is 17.9 Å². The lowest BCUT2D eigenvalue weighted by Crippen LogP contribution is -2.50. The van der Waals surface area contributed by atoms with Crippen LogP contribution in [-0.4, -0.2) is 28.0 Å². The molecule has 1 aromatic heterocycles. The van der Waals surface area contributed by atoms with Crippen LogP contribution in [-0.2, 0) is 4.79 Å². The molecular formula is C16H20N2O3. The van der Waals surface area contributed by atoms with Gasteiger partial charge in [-0.25, -0.2) is 4.98 Å². The monoisotopic (exact) mass is 288 g/mol. The molecule has 1 heterocycles. The number of carbonyl (C=O) groups is 2. The van der Waals surface area contributed by atoms with Crippen molar-refractivity contribution in [1.29, 1.82) is 0 Å². The Labute approximate surface area is 123 Å². The van der Waals surface area contributed by atoms with Gasteiger partial charge in [0.2, 0.25) is 0 Å². The van der Waals surface area contributed by atoms with E-state index in [9.17, 15) is 9.59 Å². The predicted octanol–water partition coefficient (Wildman–Crippen LogP) is 1.93. The number of carboxylic acids is 1. The second-order valence-corrected chi connectivity index (χ2v) is 6.42. The normalized spacial score (nSPS) is 30.4. The number of carboxylic acid groups (broad SMARTS) is 1. The zero-order valence-corrected chi connectivity index (χ0v) is 12.3. The van der Waals surface area contributed by atoms with Crippen molar-refractivity contribution in [3.63, 3.8) is 0 Å². The highest BCUT2D eigenvalue weighted by Gasteiger charge is 2.49. The quantitative estimate of drug-likeness (QED) is 0.890. The number of rotatable bonds is 3. The minimum absolute atomic E-state index is 0.106. The minimum Gasteiger partial charge on any atom is -0.481 e. The molecule has 2 aliphatic rings. The molecule has 0 spiro atoms. The Morgan fingerprint density at radius 1 is 1.24 bits per heavy atom. The zero-order chi connectivity index (χ0) is 15.1. The molecule has 0 bridgehead atoms. The number of hydrogen-bond acceptors (Lipinski definition) is 3. The van der Waals surface area contributed by atoms with Crippen molar-refractivity contribution in [3.05, 3.63) is 29.1 Å². The molecule has 112 valence electrons. The number of fused-ring (bicyclic) bond motifs is 1. The molecule has 0 saturated heterocycles. The van der Waals surface area contributed by atoms with E-state index in [0.717, 1.165) is 24.1 Å². The maximum Gasteiger partial charge on any atom is 0.306 e. The average molecular weight is 288 g/mol. The van der Waals surface area contributed by atoms with E-state index in [1.807, 2.05) is 19.9 Å². The van der Waals surface area contributed by atoms with E-state index in [0.29, 0.717) is 24.0 Å². The Morgan fingerprint density at radius 3 is 2.67 bits per heavy atom. The van der Waals surface area contributed by atoms with E-state index in [1.54, 1.807) is 6.07 Å². The minimum atomic E-state index is -0.703. The van der Waals surface area contributed by atoms with Crippen molar-refractivity contribution in [2.75, 3.05) is 0 Å². The van der Waals surface area contributed by atoms with Gasteiger partial charge in [-0.3, -0.25) is 9.59 Å². The molecule has 0 radical (unpaired) electrons. The predicted molar refractivity (Wildman–Crippen MR) is 76.9 cm³/mol. The van der Waals surface area contributed by atoms with Crippen molar-refractivity contribution in [1.82, 2.24) is 10.3 Å². The molecular weight excluding hydrogens is 268 g/mol. The van der Waals surface area contributed by atoms with Crippen molar-refractivity contribution in [2.45, 2.75) is 39.2 Å². The van der Waals surface area contributed by atoms with Gasteiger partial charge in [-0.2, -0.15) is 0 Å². The molecule has 3 rings (SSSR count). The summed E-state index contributed by atoms with van der Waals surface area (Å²) in [6.07, 6.45) is 2.34. The first-order valence-corrected chi connectivity index (χ1v) is 7.43. The van der Waals surface area contributed by atoms with E-state index in [2.05, 4.69) is 10.3 Å². The topological polar surface area (TPSA) is 79.3 Å². The van der Waals surface area contributed by atoms with Gasteiger partial charge in [-0.1, -0.05) is 0 Å². The second kappa shape index (κ2) is 5.13. The number of aromatic nitrogens is 1. The smallest absolute Gasteiger partial charge is 0.306 e. The molecule has 1 aromatic rings. The lowest BCUT2D eigenvalue weighted by molar-refractivity contribution is -0.141. The van der Waals surface area contributed by atoms with Crippen LogP contribution in [0.5, 0.6) is 0 Å². The third-order valence-electron chi connectivity index (χ3n) is 4.82. The van der Waals surface area contributed by atoms with Gasteiger partial charge in [0.05, 0.1) is 5.92 Å². The van der Waals surface area contributed by atoms with Crippen LogP contribution in [0.1, 0.15) is 41.0 Å². The number of aryl methyl sites for hydroxylation is 2. The first-order chi connectivity index (χ1) is 9.94. The molecule has 2 fully saturated rings. The van der Waals surface area contributed by atoms with Gasteiger partial charge in [0.1, 0.15) is 5.69 Å². The summed E-state index contributed by atoms with van der Waals surface area (Å²) in [5.41, 5.74) is 2.30. The Hall–Kier alpha value is -1.91. The first kappa shape index (κ1) is 14.0. The molecule has 5 heteroatoms. The highest BCUT2D eigenvalue weighted by Crippen LogP contribution is 2.49. The van der Waals surface area contributed by atoms with Gasteiger partial charge in [-0.15, -0.1) is 0 Å². The fourth-order valence-electron chi connectivity index (χ4n) is 3.79. The van der Waals surface area contributed by atoms with Gasteiger partial charge in [0, 0.05) is 11.7 Å². The van der Waals surface area contributed by atoms with Crippen molar-refractivity contribution >= 4 is 11.9 Å². The van der Waals surface area contributed by atoms with E-state index < -0.39 is 5.97 Å². The van der Waals surface area contributed by atoms with Crippen LogP contribution in [0.15, 0.2) is 12.1 Å². The Balaban J connectivity index is 1.63. The fraction of sp³-hybridized carbons (Fsp3) is 0.562. The summed E-state index contributed by atoms with van der Waals surface area (Å²) >= 11 is 0. The molecule has 1 amide bonds. The molecule has 21 heavy (non-hydrogen) atoms. The van der Waals surface area contributed by atoms with Gasteiger partial charge in [0.25, 0.3) is 5.91 Å². The molecule has 2 N–H and O–H groups in total. The van der Waals surface area contributed by atoms with Crippen molar-refractivity contribution in [3.8, 4) is 0 Å². The highest BCUT2D eigenvalue weighted by molar-refractivity contribution is 5.92. The number of nitrogens with zero attached hydrogens (tertiary/aromatic N) is 1. The molecule has 0 aromatic carbocycles.